The fraction of sp³-hybridized carbons (Fsp3) is 0.222. The van der Waals surface area contributed by atoms with Crippen LogP contribution in [0.5, 0.6) is 11.5 Å². The molecule has 1 heterocycles. The first-order chi connectivity index (χ1) is 13.2. The highest BCUT2D eigenvalue weighted by atomic mass is 19.3. The van der Waals surface area contributed by atoms with Crippen molar-refractivity contribution in [2.45, 2.75) is 18.3 Å². The van der Waals surface area contributed by atoms with E-state index in [-0.39, 0.29) is 5.75 Å². The van der Waals surface area contributed by atoms with Crippen molar-refractivity contribution in [2.24, 2.45) is 0 Å². The van der Waals surface area contributed by atoms with E-state index in [0.717, 1.165) is 29.5 Å². The van der Waals surface area contributed by atoms with Crippen LogP contribution in [0, 0.1) is 11.6 Å². The summed E-state index contributed by atoms with van der Waals surface area (Å²) < 4.78 is 68.2. The Labute approximate surface area is 157 Å². The van der Waals surface area contributed by atoms with Gasteiger partial charge in [-0.2, -0.15) is 13.9 Å². The maximum absolute atomic E-state index is 15.1. The largest absolute Gasteiger partial charge is 0.497 e. The highest BCUT2D eigenvalue weighted by Gasteiger charge is 2.58. The van der Waals surface area contributed by atoms with Crippen molar-refractivity contribution < 1.29 is 32.1 Å². The molecule has 1 N–H and O–H groups in total. The number of benzene rings is 2. The van der Waals surface area contributed by atoms with Crippen LogP contribution in [0.2, 0.25) is 0 Å². The van der Waals surface area contributed by atoms with Crippen molar-refractivity contribution in [2.75, 3.05) is 7.11 Å². The first-order valence-electron chi connectivity index (χ1n) is 7.96. The molecule has 0 spiro atoms. The molecule has 10 heteroatoms. The van der Waals surface area contributed by atoms with Crippen LogP contribution in [0.25, 0.3) is 0 Å². The molecule has 0 aliphatic rings. The van der Waals surface area contributed by atoms with E-state index in [0.29, 0.717) is 11.8 Å². The van der Waals surface area contributed by atoms with E-state index in [1.807, 2.05) is 0 Å². The fourth-order valence-corrected chi connectivity index (χ4v) is 2.58. The van der Waals surface area contributed by atoms with Crippen LogP contribution >= 0.6 is 0 Å². The van der Waals surface area contributed by atoms with Crippen LogP contribution in [-0.4, -0.2) is 33.1 Å². The van der Waals surface area contributed by atoms with Gasteiger partial charge in [-0.05, 0) is 36.4 Å². The van der Waals surface area contributed by atoms with E-state index in [1.165, 1.54) is 31.4 Å². The van der Waals surface area contributed by atoms with Gasteiger partial charge < -0.3 is 14.6 Å². The smallest absolute Gasteiger partial charge is 0.433 e. The van der Waals surface area contributed by atoms with Crippen LogP contribution in [0.4, 0.5) is 17.6 Å². The SMILES string of the molecule is COc1ccc(OC(F)(F)C(O)(Cn2cncn2)c2ccc(F)cc2F)cc1. The van der Waals surface area contributed by atoms with Crippen molar-refractivity contribution in [3.8, 4) is 11.5 Å². The molecule has 2 aromatic carbocycles. The summed E-state index contributed by atoms with van der Waals surface area (Å²) in [6, 6.07) is 7.03. The minimum Gasteiger partial charge on any atom is -0.497 e. The third-order valence-corrected chi connectivity index (χ3v) is 4.02. The van der Waals surface area contributed by atoms with Crippen molar-refractivity contribution >= 4 is 0 Å². The number of halogens is 4. The number of nitrogens with zero attached hydrogens (tertiary/aromatic N) is 3. The van der Waals surface area contributed by atoms with E-state index in [9.17, 15) is 13.9 Å². The Morgan fingerprint density at radius 1 is 1.07 bits per heavy atom. The topological polar surface area (TPSA) is 69.4 Å². The zero-order valence-corrected chi connectivity index (χ0v) is 14.5. The Balaban J connectivity index is 2.03. The molecule has 0 aliphatic heterocycles. The predicted molar refractivity (Wildman–Crippen MR) is 88.8 cm³/mol. The molecule has 3 aromatic rings. The Morgan fingerprint density at radius 2 is 1.75 bits per heavy atom. The quantitative estimate of drug-likeness (QED) is 0.621. The lowest BCUT2D eigenvalue weighted by Gasteiger charge is -2.35. The summed E-state index contributed by atoms with van der Waals surface area (Å²) in [5, 5.41) is 14.5. The zero-order chi connectivity index (χ0) is 20.4. The summed E-state index contributed by atoms with van der Waals surface area (Å²) in [6.45, 7) is -0.904. The molecule has 148 valence electrons. The Bertz CT molecular complexity index is 936. The predicted octanol–water partition coefficient (Wildman–Crippen LogP) is 3.12. The number of hydrogen-bond donors (Lipinski definition) is 1. The summed E-state index contributed by atoms with van der Waals surface area (Å²) in [6.07, 6.45) is -2.20. The van der Waals surface area contributed by atoms with Gasteiger partial charge in [-0.3, -0.25) is 0 Å². The van der Waals surface area contributed by atoms with Crippen LogP contribution in [0.3, 0.4) is 0 Å². The molecule has 3 rings (SSSR count). The normalized spacial score (nSPS) is 13.8. The van der Waals surface area contributed by atoms with Gasteiger partial charge in [0, 0.05) is 11.6 Å². The number of hydrogen-bond acceptors (Lipinski definition) is 5. The molecule has 0 saturated carbocycles. The Hall–Kier alpha value is -3.14. The van der Waals surface area contributed by atoms with Crippen LogP contribution in [-0.2, 0) is 12.1 Å². The van der Waals surface area contributed by atoms with Crippen LogP contribution < -0.4 is 9.47 Å². The maximum atomic E-state index is 15.1. The van der Waals surface area contributed by atoms with Crippen LogP contribution in [0.1, 0.15) is 5.56 Å². The third-order valence-electron chi connectivity index (χ3n) is 4.02. The first-order valence-corrected chi connectivity index (χ1v) is 7.96. The molecule has 0 radical (unpaired) electrons. The maximum Gasteiger partial charge on any atom is 0.433 e. The summed E-state index contributed by atoms with van der Waals surface area (Å²) in [7, 11) is 1.40. The first kappa shape index (κ1) is 19.6. The molecule has 28 heavy (non-hydrogen) atoms. The van der Waals surface area contributed by atoms with Crippen molar-refractivity contribution in [1.29, 1.82) is 0 Å². The molecule has 0 bridgehead atoms. The number of rotatable bonds is 7. The summed E-state index contributed by atoms with van der Waals surface area (Å²) >= 11 is 0. The van der Waals surface area contributed by atoms with Gasteiger partial charge in [-0.15, -0.1) is 0 Å². The van der Waals surface area contributed by atoms with Gasteiger partial charge in [0.15, 0.2) is 0 Å². The van der Waals surface area contributed by atoms with Gasteiger partial charge in [0.05, 0.1) is 13.7 Å². The Morgan fingerprint density at radius 3 is 2.32 bits per heavy atom. The van der Waals surface area contributed by atoms with Crippen molar-refractivity contribution in [3.63, 3.8) is 0 Å². The molecule has 1 atom stereocenters. The highest BCUT2D eigenvalue weighted by Crippen LogP contribution is 2.42. The van der Waals surface area contributed by atoms with Gasteiger partial charge in [0.2, 0.25) is 5.60 Å². The van der Waals surface area contributed by atoms with E-state index in [2.05, 4.69) is 10.1 Å². The minimum atomic E-state index is -4.33. The minimum absolute atomic E-state index is 0.301. The third kappa shape index (κ3) is 3.77. The number of ether oxygens (including phenoxy) is 2. The second-order valence-corrected chi connectivity index (χ2v) is 5.87. The van der Waals surface area contributed by atoms with Gasteiger partial charge >= 0.3 is 6.11 Å². The lowest BCUT2D eigenvalue weighted by Crippen LogP contribution is -2.52. The van der Waals surface area contributed by atoms with E-state index >= 15 is 8.78 Å². The molecular formula is C18H15F4N3O3. The van der Waals surface area contributed by atoms with Crippen molar-refractivity contribution in [1.82, 2.24) is 14.8 Å². The van der Waals surface area contributed by atoms with Gasteiger partial charge in [-0.1, -0.05) is 0 Å². The second-order valence-electron chi connectivity index (χ2n) is 5.87. The number of methoxy groups -OCH3 is 1. The molecule has 6 nitrogen and oxygen atoms in total. The molecule has 1 aromatic heterocycles. The number of alkyl halides is 2. The Kier molecular flexibility index (Phi) is 5.23. The lowest BCUT2D eigenvalue weighted by atomic mass is 9.91. The van der Waals surface area contributed by atoms with E-state index in [4.69, 9.17) is 9.47 Å². The van der Waals surface area contributed by atoms with E-state index < -0.39 is 35.5 Å². The molecule has 0 fully saturated rings. The molecular weight excluding hydrogens is 382 g/mol. The number of aliphatic hydroxyl groups is 1. The van der Waals surface area contributed by atoms with Gasteiger partial charge in [0.25, 0.3) is 0 Å². The lowest BCUT2D eigenvalue weighted by molar-refractivity contribution is -0.301. The zero-order valence-electron chi connectivity index (χ0n) is 14.5. The van der Waals surface area contributed by atoms with Crippen LogP contribution in [0.15, 0.2) is 55.1 Å². The molecule has 1 unspecified atom stereocenters. The highest BCUT2D eigenvalue weighted by molar-refractivity contribution is 5.33. The molecule has 0 aliphatic carbocycles. The molecule has 0 saturated heterocycles. The summed E-state index contributed by atoms with van der Waals surface area (Å²) in [5.41, 5.74) is -4.08. The average molecular weight is 397 g/mol. The van der Waals surface area contributed by atoms with Crippen molar-refractivity contribution in [3.05, 3.63) is 72.3 Å². The molecule has 0 amide bonds. The van der Waals surface area contributed by atoms with E-state index in [1.54, 1.807) is 0 Å². The standard InChI is InChI=1S/C18H15F4N3O3/c1-27-13-3-5-14(6-4-13)28-18(21,22)17(26,9-25-11-23-10-24-25)15-7-2-12(19)8-16(15)20/h2-8,10-11,26H,9H2,1H3. The summed E-state index contributed by atoms with van der Waals surface area (Å²) in [4.78, 5) is 3.61. The average Bonchev–Trinajstić information content (AvgIpc) is 3.14. The fourth-order valence-electron chi connectivity index (χ4n) is 2.58. The van der Waals surface area contributed by atoms with Gasteiger partial charge in [-0.25, -0.2) is 18.4 Å². The monoisotopic (exact) mass is 397 g/mol. The summed E-state index contributed by atoms with van der Waals surface area (Å²) in [5.74, 6) is -2.24. The van der Waals surface area contributed by atoms with Gasteiger partial charge in [0.1, 0.15) is 35.8 Å². The number of aromatic nitrogens is 3. The second kappa shape index (κ2) is 7.47.